The van der Waals surface area contributed by atoms with Crippen molar-refractivity contribution in [3.8, 4) is 0 Å². The lowest BCUT2D eigenvalue weighted by atomic mass is 9.46. The van der Waals surface area contributed by atoms with E-state index in [0.29, 0.717) is 42.3 Å². The van der Waals surface area contributed by atoms with Crippen LogP contribution in [0, 0.1) is 40.4 Å². The topological polar surface area (TPSA) is 69.7 Å². The number of ether oxygens (including phenoxy) is 2. The lowest BCUT2D eigenvalue weighted by molar-refractivity contribution is -0.149. The highest BCUT2D eigenvalue weighted by Gasteiger charge is 2.61. The van der Waals surface area contributed by atoms with Crippen LogP contribution in [0.5, 0.6) is 0 Å². The van der Waals surface area contributed by atoms with Gasteiger partial charge in [0.15, 0.2) is 5.78 Å². The Labute approximate surface area is 192 Å². The van der Waals surface area contributed by atoms with Crippen molar-refractivity contribution in [2.24, 2.45) is 40.4 Å². The zero-order valence-corrected chi connectivity index (χ0v) is 20.4. The molecule has 0 spiro atoms. The molecule has 0 aromatic carbocycles. The Balaban J connectivity index is 1.54. The smallest absolute Gasteiger partial charge is 0.305 e. The quantitative estimate of drug-likeness (QED) is 0.541. The summed E-state index contributed by atoms with van der Waals surface area (Å²) >= 11 is 0. The minimum absolute atomic E-state index is 0.0468. The first-order valence-electron chi connectivity index (χ1n) is 12.6. The minimum Gasteiger partial charge on any atom is -0.469 e. The third kappa shape index (κ3) is 3.84. The molecule has 0 amide bonds. The lowest BCUT2D eigenvalue weighted by Crippen LogP contribution is -2.53. The molecule has 4 aliphatic rings. The Hall–Kier alpha value is -1.65. The van der Waals surface area contributed by atoms with E-state index in [4.69, 9.17) is 9.47 Å². The number of esters is 2. The van der Waals surface area contributed by atoms with E-state index in [1.54, 1.807) is 0 Å². The molecule has 5 nitrogen and oxygen atoms in total. The molecule has 0 unspecified atom stereocenters. The Morgan fingerprint density at radius 1 is 1.12 bits per heavy atom. The van der Waals surface area contributed by atoms with E-state index in [9.17, 15) is 14.4 Å². The van der Waals surface area contributed by atoms with E-state index in [1.807, 2.05) is 6.08 Å². The molecular weight excluding hydrogens is 404 g/mol. The van der Waals surface area contributed by atoms with Crippen molar-refractivity contribution < 1.29 is 23.9 Å². The first-order chi connectivity index (χ1) is 15.1. The molecule has 0 saturated heterocycles. The van der Waals surface area contributed by atoms with Gasteiger partial charge in [0, 0.05) is 25.7 Å². The first-order valence-corrected chi connectivity index (χ1v) is 12.6. The maximum Gasteiger partial charge on any atom is 0.305 e. The summed E-state index contributed by atoms with van der Waals surface area (Å²) in [5, 5.41) is 0. The summed E-state index contributed by atoms with van der Waals surface area (Å²) in [4.78, 5) is 36.7. The number of rotatable bonds is 5. The van der Waals surface area contributed by atoms with Gasteiger partial charge in [0.2, 0.25) is 0 Å². The van der Waals surface area contributed by atoms with Gasteiger partial charge in [0.05, 0.1) is 7.11 Å². The lowest BCUT2D eigenvalue weighted by Gasteiger charge is -2.57. The second-order valence-corrected chi connectivity index (χ2v) is 11.5. The molecule has 0 bridgehead atoms. The van der Waals surface area contributed by atoms with Crippen LogP contribution in [0.25, 0.3) is 0 Å². The molecule has 0 aromatic heterocycles. The summed E-state index contributed by atoms with van der Waals surface area (Å²) < 4.78 is 10.4. The second-order valence-electron chi connectivity index (χ2n) is 11.5. The van der Waals surface area contributed by atoms with E-state index < -0.39 is 0 Å². The van der Waals surface area contributed by atoms with Gasteiger partial charge < -0.3 is 9.47 Å². The standard InChI is InChI=1S/C27H40O5/c1-16(6-9-24(30)31-5)20-7-8-21-25-22(11-13-27(20,21)4)26(3)12-10-19(32-17(2)28)14-18(26)15-23(25)29/h15-16,19-22,25H,6-14H2,1-5H3/t16-,19-,20-,21+,22+,25+,26+,27-/m1/s1. The molecule has 0 N–H and O–H groups in total. The van der Waals surface area contributed by atoms with Crippen LogP contribution in [0.4, 0.5) is 0 Å². The summed E-state index contributed by atoms with van der Waals surface area (Å²) in [6, 6.07) is 0. The van der Waals surface area contributed by atoms with Crippen LogP contribution >= 0.6 is 0 Å². The monoisotopic (exact) mass is 444 g/mol. The van der Waals surface area contributed by atoms with Crippen LogP contribution in [0.2, 0.25) is 0 Å². The molecule has 5 heteroatoms. The maximum absolute atomic E-state index is 13.5. The van der Waals surface area contributed by atoms with Crippen LogP contribution in [0.1, 0.15) is 85.5 Å². The highest BCUT2D eigenvalue weighted by atomic mass is 16.5. The molecule has 0 radical (unpaired) electrons. The highest BCUT2D eigenvalue weighted by molar-refractivity contribution is 5.94. The van der Waals surface area contributed by atoms with Crippen LogP contribution < -0.4 is 0 Å². The predicted octanol–water partition coefficient (Wildman–Crippen LogP) is 5.27. The third-order valence-corrected chi connectivity index (χ3v) is 10.0. The summed E-state index contributed by atoms with van der Waals surface area (Å²) in [7, 11) is 1.46. The SMILES string of the molecule is COC(=O)CC[C@@H](C)[C@H]1CC[C@H]2[C@@H]3C(=O)C=C4C[C@H](OC(C)=O)CC[C@]4(C)[C@H]3CC[C@]12C. The number of methoxy groups -OCH3 is 1. The fraction of sp³-hybridized carbons (Fsp3) is 0.815. The van der Waals surface area contributed by atoms with Gasteiger partial charge in [-0.2, -0.15) is 0 Å². The fourth-order valence-corrected chi connectivity index (χ4v) is 8.33. The van der Waals surface area contributed by atoms with E-state index in [-0.39, 0.29) is 34.8 Å². The molecule has 3 saturated carbocycles. The minimum atomic E-state index is -0.231. The Bertz CT molecular complexity index is 815. The molecule has 0 aliphatic heterocycles. The van der Waals surface area contributed by atoms with E-state index >= 15 is 0 Å². The highest BCUT2D eigenvalue weighted by Crippen LogP contribution is 2.66. The van der Waals surface area contributed by atoms with Gasteiger partial charge in [-0.15, -0.1) is 0 Å². The van der Waals surface area contributed by atoms with Gasteiger partial charge in [-0.3, -0.25) is 14.4 Å². The van der Waals surface area contributed by atoms with Crippen LogP contribution in [0.15, 0.2) is 11.6 Å². The number of fused-ring (bicyclic) bond motifs is 5. The Morgan fingerprint density at radius 2 is 1.88 bits per heavy atom. The zero-order valence-electron chi connectivity index (χ0n) is 20.4. The van der Waals surface area contributed by atoms with Gasteiger partial charge in [0.1, 0.15) is 6.10 Å². The van der Waals surface area contributed by atoms with Crippen molar-refractivity contribution in [3.63, 3.8) is 0 Å². The molecule has 0 heterocycles. The number of carbonyl (C=O) groups excluding carboxylic acids is 3. The van der Waals surface area contributed by atoms with Crippen LogP contribution in [-0.2, 0) is 23.9 Å². The predicted molar refractivity (Wildman–Crippen MR) is 122 cm³/mol. The van der Waals surface area contributed by atoms with Gasteiger partial charge in [-0.05, 0) is 85.5 Å². The molecule has 3 fully saturated rings. The van der Waals surface area contributed by atoms with Gasteiger partial charge in [0.25, 0.3) is 0 Å². The number of hydrogen-bond donors (Lipinski definition) is 0. The number of allylic oxidation sites excluding steroid dienone is 1. The average molecular weight is 445 g/mol. The largest absolute Gasteiger partial charge is 0.469 e. The molecule has 178 valence electrons. The Kier molecular flexibility index (Phi) is 6.32. The van der Waals surface area contributed by atoms with Crippen LogP contribution in [0.3, 0.4) is 0 Å². The van der Waals surface area contributed by atoms with Crippen molar-refractivity contribution in [1.82, 2.24) is 0 Å². The number of ketones is 1. The van der Waals surface area contributed by atoms with Crippen molar-refractivity contribution in [1.29, 1.82) is 0 Å². The molecule has 0 aromatic rings. The van der Waals surface area contributed by atoms with E-state index in [1.165, 1.54) is 19.6 Å². The normalized spacial score (nSPS) is 41.6. The van der Waals surface area contributed by atoms with Crippen LogP contribution in [-0.4, -0.2) is 30.9 Å². The molecular formula is C27H40O5. The van der Waals surface area contributed by atoms with Gasteiger partial charge >= 0.3 is 11.9 Å². The summed E-state index contributed by atoms with van der Waals surface area (Å²) in [5.41, 5.74) is 1.43. The Morgan fingerprint density at radius 3 is 2.56 bits per heavy atom. The molecule has 8 atom stereocenters. The molecule has 4 aliphatic carbocycles. The van der Waals surface area contributed by atoms with Crippen molar-refractivity contribution in [2.45, 2.75) is 91.6 Å². The molecule has 32 heavy (non-hydrogen) atoms. The van der Waals surface area contributed by atoms with Crippen molar-refractivity contribution in [2.75, 3.05) is 7.11 Å². The summed E-state index contributed by atoms with van der Waals surface area (Å²) in [5.74, 6) is 1.92. The number of hydrogen-bond acceptors (Lipinski definition) is 5. The second kappa shape index (κ2) is 8.61. The van der Waals surface area contributed by atoms with E-state index in [0.717, 1.165) is 44.9 Å². The molecule has 4 rings (SSSR count). The van der Waals surface area contributed by atoms with Crippen molar-refractivity contribution in [3.05, 3.63) is 11.6 Å². The fourth-order valence-electron chi connectivity index (χ4n) is 8.33. The summed E-state index contributed by atoms with van der Waals surface area (Å²) in [6.07, 6.45) is 10.3. The maximum atomic E-state index is 13.5. The van der Waals surface area contributed by atoms with Crippen molar-refractivity contribution >= 4 is 17.7 Å². The van der Waals surface area contributed by atoms with Gasteiger partial charge in [-0.25, -0.2) is 0 Å². The third-order valence-electron chi connectivity index (χ3n) is 10.0. The first kappa shape index (κ1) is 23.5. The average Bonchev–Trinajstić information content (AvgIpc) is 3.09. The zero-order chi connectivity index (χ0) is 23.3. The number of carbonyl (C=O) groups is 3. The van der Waals surface area contributed by atoms with E-state index in [2.05, 4.69) is 20.8 Å². The summed E-state index contributed by atoms with van der Waals surface area (Å²) in [6.45, 7) is 8.54. The van der Waals surface area contributed by atoms with Gasteiger partial charge in [-0.1, -0.05) is 26.3 Å².